The number of carbonyl (C=O) groups is 4. The third-order valence-corrected chi connectivity index (χ3v) is 3.82. The number of β-lactam (4-membered cyclic amide) rings is 1. The Morgan fingerprint density at radius 3 is 2.23 bits per heavy atom. The molecule has 2 atom stereocenters. The number of nitrogens with one attached hydrogen (secondary N) is 2. The number of alkyl carbamates (subject to hydrolysis) is 1. The van der Waals surface area contributed by atoms with Gasteiger partial charge < -0.3 is 15.4 Å². The summed E-state index contributed by atoms with van der Waals surface area (Å²) in [6.45, 7) is 4.96. The molecule has 0 spiro atoms. The number of hydroxylamine groups is 2. The summed E-state index contributed by atoms with van der Waals surface area (Å²) >= 11 is 0. The highest BCUT2D eigenvalue weighted by Gasteiger charge is 2.43. The molecule has 0 radical (unpaired) electrons. The summed E-state index contributed by atoms with van der Waals surface area (Å²) < 4.78 is 5.11. The number of hydrogen-bond acceptors (Lipinski definition) is 6. The van der Waals surface area contributed by atoms with E-state index in [4.69, 9.17) is 9.57 Å². The molecule has 2 heterocycles. The summed E-state index contributed by atoms with van der Waals surface area (Å²) in [5, 5.41) is 5.66. The second-order valence-corrected chi connectivity index (χ2v) is 6.99. The van der Waals surface area contributed by atoms with E-state index in [-0.39, 0.29) is 17.7 Å². The van der Waals surface area contributed by atoms with Crippen molar-refractivity contribution in [2.75, 3.05) is 6.61 Å². The number of carbonyl (C=O) groups excluding carboxylic acids is 4. The van der Waals surface area contributed by atoms with E-state index in [1.54, 1.807) is 32.9 Å². The highest BCUT2D eigenvalue weighted by molar-refractivity contribution is 6.20. The van der Waals surface area contributed by atoms with Crippen LogP contribution in [0.2, 0.25) is 0 Å². The van der Waals surface area contributed by atoms with E-state index in [9.17, 15) is 19.2 Å². The van der Waals surface area contributed by atoms with Crippen LogP contribution >= 0.6 is 0 Å². The lowest BCUT2D eigenvalue weighted by atomic mass is 10.0. The Morgan fingerprint density at radius 2 is 1.73 bits per heavy atom. The second kappa shape index (κ2) is 6.41. The molecular weight excluding hydrogens is 342 g/mol. The summed E-state index contributed by atoms with van der Waals surface area (Å²) in [4.78, 5) is 53.2. The van der Waals surface area contributed by atoms with E-state index < -0.39 is 41.5 Å². The molecule has 1 fully saturated rings. The standard InChI is InChI=1S/C17H19N3O6/c1-17(2,3)26-16(24)19-12-11(18-13(12)21)8-25-20-14(22)9-6-4-5-7-10(9)15(20)23/h4-7,11-12H,8H2,1-3H3,(H,18,21)(H,19,24). The van der Waals surface area contributed by atoms with Crippen LogP contribution in [0.15, 0.2) is 24.3 Å². The van der Waals surface area contributed by atoms with E-state index in [0.29, 0.717) is 5.06 Å². The smallest absolute Gasteiger partial charge is 0.408 e. The lowest BCUT2D eigenvalue weighted by Gasteiger charge is -2.37. The van der Waals surface area contributed by atoms with Gasteiger partial charge in [-0.25, -0.2) is 4.79 Å². The molecule has 2 unspecified atom stereocenters. The van der Waals surface area contributed by atoms with Crippen LogP contribution in [0.1, 0.15) is 41.5 Å². The van der Waals surface area contributed by atoms with Crippen molar-refractivity contribution in [1.29, 1.82) is 0 Å². The number of benzene rings is 1. The van der Waals surface area contributed by atoms with Crippen LogP contribution in [-0.4, -0.2) is 53.2 Å². The number of nitrogens with zero attached hydrogens (tertiary/aromatic N) is 1. The number of ether oxygens (including phenoxy) is 1. The summed E-state index contributed by atoms with van der Waals surface area (Å²) in [7, 11) is 0. The molecule has 2 N–H and O–H groups in total. The van der Waals surface area contributed by atoms with Gasteiger partial charge in [0.05, 0.1) is 23.8 Å². The first-order chi connectivity index (χ1) is 12.2. The lowest BCUT2D eigenvalue weighted by Crippen LogP contribution is -2.71. The Hall–Kier alpha value is -2.94. The molecule has 0 aliphatic carbocycles. The van der Waals surface area contributed by atoms with Crippen LogP contribution in [0.25, 0.3) is 0 Å². The maximum absolute atomic E-state index is 12.2. The van der Waals surface area contributed by atoms with Gasteiger partial charge in [0.1, 0.15) is 11.6 Å². The Kier molecular flexibility index (Phi) is 4.41. The number of amides is 4. The van der Waals surface area contributed by atoms with Crippen LogP contribution in [0.5, 0.6) is 0 Å². The zero-order valence-electron chi connectivity index (χ0n) is 14.6. The minimum absolute atomic E-state index is 0.155. The molecule has 9 nitrogen and oxygen atoms in total. The minimum Gasteiger partial charge on any atom is -0.444 e. The monoisotopic (exact) mass is 361 g/mol. The molecule has 4 amide bonds. The van der Waals surface area contributed by atoms with E-state index >= 15 is 0 Å². The van der Waals surface area contributed by atoms with Gasteiger partial charge in [-0.15, -0.1) is 5.06 Å². The van der Waals surface area contributed by atoms with E-state index in [1.165, 1.54) is 12.1 Å². The van der Waals surface area contributed by atoms with Crippen molar-refractivity contribution in [1.82, 2.24) is 15.7 Å². The zero-order chi connectivity index (χ0) is 19.1. The van der Waals surface area contributed by atoms with Crippen molar-refractivity contribution in [3.8, 4) is 0 Å². The number of hydrogen-bond donors (Lipinski definition) is 2. The molecule has 1 saturated heterocycles. The third-order valence-electron chi connectivity index (χ3n) is 3.82. The highest BCUT2D eigenvalue weighted by Crippen LogP contribution is 2.23. The molecular formula is C17H19N3O6. The Morgan fingerprint density at radius 1 is 1.15 bits per heavy atom. The Labute approximate surface area is 149 Å². The number of imide groups is 1. The maximum Gasteiger partial charge on any atom is 0.408 e. The van der Waals surface area contributed by atoms with Crippen molar-refractivity contribution in [2.45, 2.75) is 38.5 Å². The molecule has 138 valence electrons. The predicted molar refractivity (Wildman–Crippen MR) is 88.0 cm³/mol. The highest BCUT2D eigenvalue weighted by atomic mass is 16.7. The molecule has 2 aliphatic heterocycles. The van der Waals surface area contributed by atoms with Gasteiger partial charge in [0.25, 0.3) is 11.8 Å². The van der Waals surface area contributed by atoms with Crippen LogP contribution in [0, 0.1) is 0 Å². The quantitative estimate of drug-likeness (QED) is 0.600. The topological polar surface area (TPSA) is 114 Å². The van der Waals surface area contributed by atoms with Gasteiger partial charge in [0.2, 0.25) is 5.91 Å². The minimum atomic E-state index is -0.861. The lowest BCUT2D eigenvalue weighted by molar-refractivity contribution is -0.140. The fraction of sp³-hybridized carbons (Fsp3) is 0.412. The fourth-order valence-corrected chi connectivity index (χ4v) is 2.62. The average molecular weight is 361 g/mol. The molecule has 1 aromatic rings. The molecule has 9 heteroatoms. The summed E-state index contributed by atoms with van der Waals surface area (Å²) in [6, 6.07) is 4.94. The fourth-order valence-electron chi connectivity index (χ4n) is 2.62. The van der Waals surface area contributed by atoms with Crippen LogP contribution in [0.3, 0.4) is 0 Å². The second-order valence-electron chi connectivity index (χ2n) is 6.99. The largest absolute Gasteiger partial charge is 0.444 e. The molecule has 0 aromatic heterocycles. The summed E-state index contributed by atoms with van der Waals surface area (Å²) in [5.41, 5.74) is -0.173. The van der Waals surface area contributed by atoms with Gasteiger partial charge in [-0.3, -0.25) is 19.2 Å². The van der Waals surface area contributed by atoms with Gasteiger partial charge in [-0.1, -0.05) is 12.1 Å². The molecule has 1 aromatic carbocycles. The van der Waals surface area contributed by atoms with Crippen molar-refractivity contribution < 1.29 is 28.8 Å². The Bertz CT molecular complexity index is 750. The van der Waals surface area contributed by atoms with Crippen LogP contribution in [0.4, 0.5) is 4.79 Å². The van der Waals surface area contributed by atoms with Crippen LogP contribution < -0.4 is 10.6 Å². The van der Waals surface area contributed by atoms with E-state index in [2.05, 4.69) is 10.6 Å². The molecule has 2 aliphatic rings. The van der Waals surface area contributed by atoms with E-state index in [0.717, 1.165) is 0 Å². The van der Waals surface area contributed by atoms with Gasteiger partial charge in [-0.05, 0) is 32.9 Å². The van der Waals surface area contributed by atoms with Crippen molar-refractivity contribution in [3.63, 3.8) is 0 Å². The first-order valence-corrected chi connectivity index (χ1v) is 8.08. The first-order valence-electron chi connectivity index (χ1n) is 8.08. The molecule has 0 saturated carbocycles. The van der Waals surface area contributed by atoms with Crippen molar-refractivity contribution in [3.05, 3.63) is 35.4 Å². The normalized spacial score (nSPS) is 21.8. The van der Waals surface area contributed by atoms with Crippen molar-refractivity contribution in [2.24, 2.45) is 0 Å². The van der Waals surface area contributed by atoms with Gasteiger partial charge in [-0.2, -0.15) is 0 Å². The zero-order valence-corrected chi connectivity index (χ0v) is 14.6. The summed E-state index contributed by atoms with van der Waals surface area (Å²) in [5.74, 6) is -1.52. The molecule has 3 rings (SSSR count). The van der Waals surface area contributed by atoms with Gasteiger partial charge in [0.15, 0.2) is 0 Å². The number of rotatable bonds is 4. The average Bonchev–Trinajstić information content (AvgIpc) is 2.80. The Balaban J connectivity index is 1.57. The van der Waals surface area contributed by atoms with E-state index in [1.807, 2.05) is 0 Å². The SMILES string of the molecule is CC(C)(C)OC(=O)NC1C(=O)NC1CON1C(=O)c2ccccc2C1=O. The molecule has 0 bridgehead atoms. The predicted octanol–water partition coefficient (Wildman–Crippen LogP) is 0.606. The van der Waals surface area contributed by atoms with Crippen LogP contribution in [-0.2, 0) is 14.4 Å². The van der Waals surface area contributed by atoms with Crippen molar-refractivity contribution >= 4 is 23.8 Å². The maximum atomic E-state index is 12.2. The summed E-state index contributed by atoms with van der Waals surface area (Å²) in [6.07, 6.45) is -0.733. The van der Waals surface area contributed by atoms with Gasteiger partial charge in [0, 0.05) is 0 Å². The third kappa shape index (κ3) is 3.38. The molecule has 26 heavy (non-hydrogen) atoms. The van der Waals surface area contributed by atoms with Gasteiger partial charge >= 0.3 is 6.09 Å². The number of fused-ring (bicyclic) bond motifs is 1. The first kappa shape index (κ1) is 17.9.